The fourth-order valence-corrected chi connectivity index (χ4v) is 3.33. The third-order valence-electron chi connectivity index (χ3n) is 4.63. The first-order chi connectivity index (χ1) is 11.6. The Labute approximate surface area is 141 Å². The van der Waals surface area contributed by atoms with Crippen molar-refractivity contribution in [3.63, 3.8) is 0 Å². The molecule has 0 aliphatic carbocycles. The number of hydrogen-bond acceptors (Lipinski definition) is 4. The summed E-state index contributed by atoms with van der Waals surface area (Å²) in [5.41, 5.74) is 5.22. The summed E-state index contributed by atoms with van der Waals surface area (Å²) >= 11 is 0. The lowest BCUT2D eigenvalue weighted by atomic mass is 9.95. The highest BCUT2D eigenvalue weighted by atomic mass is 16.5. The van der Waals surface area contributed by atoms with E-state index in [1.165, 1.54) is 5.57 Å². The molecule has 2 heterocycles. The molecule has 3 rings (SSSR count). The van der Waals surface area contributed by atoms with Crippen LogP contribution in [0.5, 0.6) is 5.75 Å². The van der Waals surface area contributed by atoms with E-state index < -0.39 is 0 Å². The number of rotatable bonds is 5. The SMILES string of the molecule is CC/C(=C/COC)c1cc2c(CC)cc(=O)n(C)c2c2c1NCO2. The number of nitrogens with zero attached hydrogens (tertiary/aromatic N) is 1. The summed E-state index contributed by atoms with van der Waals surface area (Å²) in [6.07, 6.45) is 3.81. The fourth-order valence-electron chi connectivity index (χ4n) is 3.33. The topological polar surface area (TPSA) is 52.5 Å². The highest BCUT2D eigenvalue weighted by Gasteiger charge is 2.24. The molecule has 0 amide bonds. The summed E-state index contributed by atoms with van der Waals surface area (Å²) in [6.45, 7) is 5.20. The Balaban J connectivity index is 2.38. The maximum atomic E-state index is 12.3. The fraction of sp³-hybridized carbons (Fsp3) is 0.421. The van der Waals surface area contributed by atoms with E-state index in [1.54, 1.807) is 24.8 Å². The molecule has 1 N–H and O–H groups in total. The van der Waals surface area contributed by atoms with Crippen molar-refractivity contribution in [2.45, 2.75) is 26.7 Å². The van der Waals surface area contributed by atoms with Gasteiger partial charge in [0.15, 0.2) is 12.5 Å². The van der Waals surface area contributed by atoms with Crippen LogP contribution in [0.3, 0.4) is 0 Å². The Bertz CT molecular complexity index is 865. The molecule has 5 heteroatoms. The van der Waals surface area contributed by atoms with E-state index in [9.17, 15) is 4.79 Å². The Kier molecular flexibility index (Phi) is 4.62. The molecule has 0 saturated heterocycles. The first-order valence-electron chi connectivity index (χ1n) is 8.36. The monoisotopic (exact) mass is 328 g/mol. The zero-order valence-corrected chi connectivity index (χ0v) is 14.7. The number of aryl methyl sites for hydroxylation is 2. The van der Waals surface area contributed by atoms with Gasteiger partial charge >= 0.3 is 0 Å². The van der Waals surface area contributed by atoms with Gasteiger partial charge in [0, 0.05) is 31.2 Å². The van der Waals surface area contributed by atoms with Crippen molar-refractivity contribution in [1.29, 1.82) is 0 Å². The molecule has 0 bridgehead atoms. The molecular formula is C19H24N2O3. The van der Waals surface area contributed by atoms with Crippen LogP contribution in [0.4, 0.5) is 5.69 Å². The van der Waals surface area contributed by atoms with Gasteiger partial charge in [-0.05, 0) is 30.0 Å². The van der Waals surface area contributed by atoms with Gasteiger partial charge in [-0.15, -0.1) is 0 Å². The first-order valence-corrected chi connectivity index (χ1v) is 8.36. The van der Waals surface area contributed by atoms with E-state index in [0.29, 0.717) is 13.3 Å². The predicted octanol–water partition coefficient (Wildman–Crippen LogP) is 3.30. The number of fused-ring (bicyclic) bond motifs is 3. The quantitative estimate of drug-likeness (QED) is 0.915. The van der Waals surface area contributed by atoms with E-state index in [1.807, 2.05) is 0 Å². The van der Waals surface area contributed by atoms with Gasteiger partial charge in [0.25, 0.3) is 5.56 Å². The first kappa shape index (κ1) is 16.6. The lowest BCUT2D eigenvalue weighted by Crippen LogP contribution is -2.17. The van der Waals surface area contributed by atoms with Crippen molar-refractivity contribution in [1.82, 2.24) is 4.57 Å². The summed E-state index contributed by atoms with van der Waals surface area (Å²) in [5, 5.41) is 4.39. The van der Waals surface area contributed by atoms with Crippen LogP contribution in [0.15, 0.2) is 23.0 Å². The van der Waals surface area contributed by atoms with Crippen LogP contribution < -0.4 is 15.6 Å². The molecule has 1 aromatic carbocycles. The number of aromatic nitrogens is 1. The van der Waals surface area contributed by atoms with Crippen molar-refractivity contribution >= 4 is 22.2 Å². The average molecular weight is 328 g/mol. The van der Waals surface area contributed by atoms with Crippen molar-refractivity contribution < 1.29 is 9.47 Å². The van der Waals surface area contributed by atoms with E-state index in [-0.39, 0.29) is 5.56 Å². The van der Waals surface area contributed by atoms with Gasteiger partial charge in [-0.2, -0.15) is 0 Å². The average Bonchev–Trinajstić information content (AvgIpc) is 3.07. The zero-order chi connectivity index (χ0) is 17.3. The summed E-state index contributed by atoms with van der Waals surface area (Å²) < 4.78 is 12.7. The van der Waals surface area contributed by atoms with Crippen molar-refractivity contribution in [3.8, 4) is 5.75 Å². The van der Waals surface area contributed by atoms with Crippen molar-refractivity contribution in [3.05, 3.63) is 39.7 Å². The minimum atomic E-state index is -0.00422. The molecule has 0 fully saturated rings. The molecular weight excluding hydrogens is 304 g/mol. The Morgan fingerprint density at radius 3 is 2.88 bits per heavy atom. The number of allylic oxidation sites excluding steroid dienone is 1. The smallest absolute Gasteiger partial charge is 0.251 e. The molecule has 5 nitrogen and oxygen atoms in total. The molecule has 0 spiro atoms. The van der Waals surface area contributed by atoms with Crippen LogP contribution >= 0.6 is 0 Å². The molecule has 1 aromatic heterocycles. The standard InChI is InChI=1S/C19H24N2O3/c1-5-12(7-8-23-4)14-10-15-13(6-2)9-16(22)21(3)18(15)19-17(14)20-11-24-19/h7,9-10,20H,5-6,8,11H2,1-4H3/b12-7-. The second-order valence-corrected chi connectivity index (χ2v) is 5.95. The van der Waals surface area contributed by atoms with Crippen LogP contribution in [0.25, 0.3) is 16.5 Å². The lowest BCUT2D eigenvalue weighted by molar-refractivity contribution is 0.234. The minimum Gasteiger partial charge on any atom is -0.469 e. The Hall–Kier alpha value is -2.27. The zero-order valence-electron chi connectivity index (χ0n) is 14.7. The lowest BCUT2D eigenvalue weighted by Gasteiger charge is -2.16. The van der Waals surface area contributed by atoms with E-state index in [2.05, 4.69) is 31.3 Å². The molecule has 0 atom stereocenters. The Morgan fingerprint density at radius 2 is 2.21 bits per heavy atom. The molecule has 0 unspecified atom stereocenters. The van der Waals surface area contributed by atoms with Crippen LogP contribution in [0.2, 0.25) is 0 Å². The molecule has 1 aliphatic rings. The van der Waals surface area contributed by atoms with Crippen molar-refractivity contribution in [2.24, 2.45) is 7.05 Å². The van der Waals surface area contributed by atoms with Crippen LogP contribution in [0, 0.1) is 0 Å². The molecule has 128 valence electrons. The van der Waals surface area contributed by atoms with Crippen LogP contribution in [-0.4, -0.2) is 25.0 Å². The molecule has 2 aromatic rings. The third-order valence-corrected chi connectivity index (χ3v) is 4.63. The highest BCUT2D eigenvalue weighted by Crippen LogP contribution is 2.43. The number of benzene rings is 1. The van der Waals surface area contributed by atoms with Gasteiger partial charge < -0.3 is 19.4 Å². The molecule has 24 heavy (non-hydrogen) atoms. The second kappa shape index (κ2) is 6.69. The number of pyridine rings is 1. The van der Waals surface area contributed by atoms with Gasteiger partial charge in [0.2, 0.25) is 0 Å². The van der Waals surface area contributed by atoms with Gasteiger partial charge in [-0.3, -0.25) is 4.79 Å². The number of methoxy groups -OCH3 is 1. The highest BCUT2D eigenvalue weighted by molar-refractivity contribution is 5.99. The van der Waals surface area contributed by atoms with Crippen molar-refractivity contribution in [2.75, 3.05) is 25.8 Å². The summed E-state index contributed by atoms with van der Waals surface area (Å²) in [5.74, 6) is 0.772. The third kappa shape index (κ3) is 2.59. The second-order valence-electron chi connectivity index (χ2n) is 5.95. The largest absolute Gasteiger partial charge is 0.469 e. The van der Waals surface area contributed by atoms with Gasteiger partial charge in [0.1, 0.15) is 0 Å². The van der Waals surface area contributed by atoms with E-state index >= 15 is 0 Å². The minimum absolute atomic E-state index is 0.00422. The maximum Gasteiger partial charge on any atom is 0.251 e. The number of ether oxygens (including phenoxy) is 2. The van der Waals surface area contributed by atoms with Crippen LogP contribution in [0.1, 0.15) is 31.4 Å². The van der Waals surface area contributed by atoms with E-state index in [0.717, 1.165) is 46.3 Å². The van der Waals surface area contributed by atoms with E-state index in [4.69, 9.17) is 9.47 Å². The molecule has 1 aliphatic heterocycles. The maximum absolute atomic E-state index is 12.3. The number of hydrogen-bond donors (Lipinski definition) is 1. The summed E-state index contributed by atoms with van der Waals surface area (Å²) in [7, 11) is 3.49. The summed E-state index contributed by atoms with van der Waals surface area (Å²) in [4.78, 5) is 12.3. The molecule has 0 saturated carbocycles. The normalized spacial score (nSPS) is 13.8. The van der Waals surface area contributed by atoms with Gasteiger partial charge in [0.05, 0.1) is 17.8 Å². The summed E-state index contributed by atoms with van der Waals surface area (Å²) in [6, 6.07) is 3.91. The van der Waals surface area contributed by atoms with Crippen LogP contribution in [-0.2, 0) is 18.2 Å². The number of anilines is 1. The molecule has 0 radical (unpaired) electrons. The van der Waals surface area contributed by atoms with Gasteiger partial charge in [-0.1, -0.05) is 19.9 Å². The predicted molar refractivity (Wildman–Crippen MR) is 97.8 cm³/mol. The van der Waals surface area contributed by atoms with Gasteiger partial charge in [-0.25, -0.2) is 0 Å². The Morgan fingerprint density at radius 1 is 1.42 bits per heavy atom. The number of nitrogens with one attached hydrogen (secondary N) is 1.